The van der Waals surface area contributed by atoms with Crippen molar-refractivity contribution in [2.24, 2.45) is 0 Å². The van der Waals surface area contributed by atoms with Crippen molar-refractivity contribution in [1.82, 2.24) is 0 Å². The molecule has 0 atom stereocenters. The minimum absolute atomic E-state index is 1.09. The van der Waals surface area contributed by atoms with Crippen LogP contribution in [0, 0.1) is 0 Å². The maximum atomic E-state index is 3.73. The first-order chi connectivity index (χ1) is 11.1. The van der Waals surface area contributed by atoms with Crippen LogP contribution in [0.25, 0.3) is 0 Å². The Balaban J connectivity index is 0. The maximum absolute atomic E-state index is 3.73. The molecular formula is C23H38. The predicted octanol–water partition coefficient (Wildman–Crippen LogP) is 7.70. The lowest BCUT2D eigenvalue weighted by Crippen LogP contribution is -1.90. The molecule has 1 aromatic carbocycles. The Hall–Kier alpha value is -1.56. The van der Waals surface area contributed by atoms with E-state index in [1.54, 1.807) is 0 Å². The number of allylic oxidation sites excluding steroid dienone is 5. The van der Waals surface area contributed by atoms with Gasteiger partial charge in [-0.15, -0.1) is 0 Å². The molecule has 0 aromatic heterocycles. The number of aryl methyl sites for hydroxylation is 2. The average molecular weight is 315 g/mol. The van der Waals surface area contributed by atoms with E-state index < -0.39 is 0 Å². The van der Waals surface area contributed by atoms with Gasteiger partial charge in [-0.2, -0.15) is 0 Å². The molecule has 130 valence electrons. The number of hydrogen-bond acceptors (Lipinski definition) is 0. The standard InChI is InChI=1S/C11H16.C9H14.C3H8/c1-3-7-11-9-6-5-8-10(11)4-2;1-4-5-6-7-8-9(2)3;1-3-2/h5-6,8-9H,3-4,7H2,1-2H3;5-8H,2,4H2,1,3H3;3H2,1-2H3/b;6-5-,8-7-;. The summed E-state index contributed by atoms with van der Waals surface area (Å²) in [6, 6.07) is 8.72. The summed E-state index contributed by atoms with van der Waals surface area (Å²) in [5.74, 6) is 0. The fraction of sp³-hybridized carbons (Fsp3) is 0.478. The van der Waals surface area contributed by atoms with Crippen LogP contribution in [0.1, 0.15) is 71.9 Å². The predicted molar refractivity (Wildman–Crippen MR) is 109 cm³/mol. The maximum Gasteiger partial charge on any atom is -0.0279 e. The lowest BCUT2D eigenvalue weighted by atomic mass is 10.0. The molecule has 0 nitrogen and oxygen atoms in total. The Labute approximate surface area is 146 Å². The first-order valence-electron chi connectivity index (χ1n) is 9.12. The lowest BCUT2D eigenvalue weighted by Gasteiger charge is -2.04. The quantitative estimate of drug-likeness (QED) is 0.472. The molecule has 0 aliphatic carbocycles. The van der Waals surface area contributed by atoms with E-state index in [1.165, 1.54) is 30.4 Å². The monoisotopic (exact) mass is 314 g/mol. The van der Waals surface area contributed by atoms with Crippen LogP contribution in [0.15, 0.2) is 60.7 Å². The van der Waals surface area contributed by atoms with Gasteiger partial charge in [-0.3, -0.25) is 0 Å². The van der Waals surface area contributed by atoms with Crippen LogP contribution < -0.4 is 0 Å². The number of rotatable bonds is 6. The molecule has 0 saturated heterocycles. The van der Waals surface area contributed by atoms with E-state index in [0.29, 0.717) is 0 Å². The molecule has 0 heteroatoms. The first kappa shape index (κ1) is 23.7. The SMILES string of the molecule is C=C(C)/C=C\C=C/CC.CCC.CCCc1ccccc1CC. The van der Waals surface area contributed by atoms with Crippen molar-refractivity contribution in [3.8, 4) is 0 Å². The Morgan fingerprint density at radius 2 is 1.52 bits per heavy atom. The van der Waals surface area contributed by atoms with Crippen LogP contribution in [-0.2, 0) is 12.8 Å². The third kappa shape index (κ3) is 16.6. The van der Waals surface area contributed by atoms with Crippen molar-refractivity contribution in [2.45, 2.75) is 73.6 Å². The van der Waals surface area contributed by atoms with Crippen molar-refractivity contribution in [1.29, 1.82) is 0 Å². The van der Waals surface area contributed by atoms with Gasteiger partial charge in [0.2, 0.25) is 0 Å². The van der Waals surface area contributed by atoms with Crippen LogP contribution in [0.2, 0.25) is 0 Å². The van der Waals surface area contributed by atoms with E-state index >= 15 is 0 Å². The van der Waals surface area contributed by atoms with Gasteiger partial charge in [-0.05, 0) is 37.3 Å². The first-order valence-corrected chi connectivity index (χ1v) is 9.12. The molecule has 1 aromatic rings. The number of benzene rings is 1. The van der Waals surface area contributed by atoms with Crippen LogP contribution >= 0.6 is 0 Å². The fourth-order valence-electron chi connectivity index (χ4n) is 1.85. The molecule has 0 spiro atoms. The fourth-order valence-corrected chi connectivity index (χ4v) is 1.85. The molecule has 0 saturated carbocycles. The topological polar surface area (TPSA) is 0 Å². The van der Waals surface area contributed by atoms with Gasteiger partial charge >= 0.3 is 0 Å². The van der Waals surface area contributed by atoms with Crippen molar-refractivity contribution < 1.29 is 0 Å². The Bertz CT molecular complexity index is 435. The van der Waals surface area contributed by atoms with E-state index in [-0.39, 0.29) is 0 Å². The van der Waals surface area contributed by atoms with Gasteiger partial charge in [0.25, 0.3) is 0 Å². The van der Waals surface area contributed by atoms with Crippen molar-refractivity contribution in [3.63, 3.8) is 0 Å². The summed E-state index contributed by atoms with van der Waals surface area (Å²) in [4.78, 5) is 0. The summed E-state index contributed by atoms with van der Waals surface area (Å²) in [5, 5.41) is 0. The molecule has 0 fully saturated rings. The highest BCUT2D eigenvalue weighted by atomic mass is 14.0. The van der Waals surface area contributed by atoms with E-state index in [0.717, 1.165) is 18.4 Å². The van der Waals surface area contributed by atoms with Crippen LogP contribution in [-0.4, -0.2) is 0 Å². The molecular weight excluding hydrogens is 276 g/mol. The Kier molecular flexibility index (Phi) is 19.1. The van der Waals surface area contributed by atoms with E-state index in [4.69, 9.17) is 0 Å². The highest BCUT2D eigenvalue weighted by molar-refractivity contribution is 5.26. The summed E-state index contributed by atoms with van der Waals surface area (Å²) in [6.07, 6.45) is 14.1. The molecule has 0 aliphatic heterocycles. The lowest BCUT2D eigenvalue weighted by molar-refractivity contribution is 0.899. The van der Waals surface area contributed by atoms with Gasteiger partial charge in [-0.25, -0.2) is 0 Å². The van der Waals surface area contributed by atoms with Gasteiger partial charge in [0.1, 0.15) is 0 Å². The highest BCUT2D eigenvalue weighted by Gasteiger charge is 1.96. The normalized spacial score (nSPS) is 10.0. The molecule has 23 heavy (non-hydrogen) atoms. The molecule has 0 N–H and O–H groups in total. The zero-order chi connectivity index (χ0) is 17.9. The third-order valence-electron chi connectivity index (χ3n) is 2.88. The second-order valence-corrected chi connectivity index (χ2v) is 5.62. The van der Waals surface area contributed by atoms with Gasteiger partial charge < -0.3 is 0 Å². The summed E-state index contributed by atoms with van der Waals surface area (Å²) in [7, 11) is 0. The van der Waals surface area contributed by atoms with Crippen molar-refractivity contribution >= 4 is 0 Å². The Morgan fingerprint density at radius 3 is 1.96 bits per heavy atom. The molecule has 0 radical (unpaired) electrons. The van der Waals surface area contributed by atoms with Crippen LogP contribution in [0.3, 0.4) is 0 Å². The summed E-state index contributed by atoms with van der Waals surface area (Å²) in [6.45, 7) is 16.5. The van der Waals surface area contributed by atoms with Crippen molar-refractivity contribution in [2.75, 3.05) is 0 Å². The largest absolute Gasteiger partial charge is 0.0961 e. The zero-order valence-corrected chi connectivity index (χ0v) is 16.4. The second kappa shape index (κ2) is 18.5. The molecule has 0 unspecified atom stereocenters. The van der Waals surface area contributed by atoms with Crippen LogP contribution in [0.5, 0.6) is 0 Å². The van der Waals surface area contributed by atoms with E-state index in [9.17, 15) is 0 Å². The summed E-state index contributed by atoms with van der Waals surface area (Å²) >= 11 is 0. The average Bonchev–Trinajstić information content (AvgIpc) is 2.54. The minimum Gasteiger partial charge on any atom is -0.0961 e. The molecule has 0 amide bonds. The zero-order valence-electron chi connectivity index (χ0n) is 16.4. The van der Waals surface area contributed by atoms with Crippen molar-refractivity contribution in [3.05, 3.63) is 71.8 Å². The van der Waals surface area contributed by atoms with Gasteiger partial charge in [0.15, 0.2) is 0 Å². The second-order valence-electron chi connectivity index (χ2n) is 5.62. The smallest absolute Gasteiger partial charge is 0.0279 e. The molecule has 1 rings (SSSR count). The molecule has 0 heterocycles. The third-order valence-corrected chi connectivity index (χ3v) is 2.88. The minimum atomic E-state index is 1.09. The molecule has 0 bridgehead atoms. The summed E-state index contributed by atoms with van der Waals surface area (Å²) < 4.78 is 0. The highest BCUT2D eigenvalue weighted by Crippen LogP contribution is 2.10. The Morgan fingerprint density at radius 1 is 0.957 bits per heavy atom. The summed E-state index contributed by atoms with van der Waals surface area (Å²) in [5.41, 5.74) is 4.13. The number of hydrogen-bond donors (Lipinski definition) is 0. The van der Waals surface area contributed by atoms with E-state index in [2.05, 4.69) is 71.5 Å². The van der Waals surface area contributed by atoms with Gasteiger partial charge in [0.05, 0.1) is 0 Å². The van der Waals surface area contributed by atoms with Crippen LogP contribution in [0.4, 0.5) is 0 Å². The van der Waals surface area contributed by atoms with Gasteiger partial charge in [0, 0.05) is 0 Å². The van der Waals surface area contributed by atoms with Gasteiger partial charge in [-0.1, -0.05) is 108 Å². The van der Waals surface area contributed by atoms with E-state index in [1.807, 2.05) is 25.2 Å². The molecule has 0 aliphatic rings.